The molecule has 1 saturated heterocycles. The maximum Gasteiger partial charge on any atom is 0.159 e. The largest absolute Gasteiger partial charge is 0.504 e. The molecule has 5 nitrogen and oxygen atoms in total. The van der Waals surface area contributed by atoms with Crippen molar-refractivity contribution in [1.82, 2.24) is 9.88 Å². The lowest BCUT2D eigenvalue weighted by atomic mass is 10.0. The maximum absolute atomic E-state index is 9.95. The lowest BCUT2D eigenvalue weighted by molar-refractivity contribution is 0.274. The van der Waals surface area contributed by atoms with Gasteiger partial charge in [-0.25, -0.2) is 0 Å². The van der Waals surface area contributed by atoms with E-state index in [4.69, 9.17) is 4.98 Å². The molecular formula is C19H25N3O2. The minimum Gasteiger partial charge on any atom is -0.504 e. The zero-order chi connectivity index (χ0) is 16.8. The Hall–Kier alpha value is -2.01. The minimum absolute atomic E-state index is 0.0828. The molecule has 4 rings (SSSR count). The fourth-order valence-corrected chi connectivity index (χ4v) is 4.03. The van der Waals surface area contributed by atoms with Gasteiger partial charge < -0.3 is 15.5 Å². The molecule has 0 radical (unpaired) electrons. The van der Waals surface area contributed by atoms with Crippen LogP contribution in [0.15, 0.2) is 12.1 Å². The average Bonchev–Trinajstić information content (AvgIpc) is 3.18. The van der Waals surface area contributed by atoms with E-state index < -0.39 is 0 Å². The van der Waals surface area contributed by atoms with E-state index in [0.29, 0.717) is 12.1 Å². The number of nitrogens with zero attached hydrogens (tertiary/aromatic N) is 2. The fraction of sp³-hybridized carbons (Fsp3) is 0.526. The molecule has 0 unspecified atom stereocenters. The molecule has 3 N–H and O–H groups in total. The van der Waals surface area contributed by atoms with Gasteiger partial charge in [0.25, 0.3) is 0 Å². The van der Waals surface area contributed by atoms with Crippen LogP contribution in [0, 0.1) is 0 Å². The number of fused-ring (bicyclic) bond motifs is 2. The zero-order valence-electron chi connectivity index (χ0n) is 14.3. The van der Waals surface area contributed by atoms with Crippen molar-refractivity contribution in [2.45, 2.75) is 51.6 Å². The van der Waals surface area contributed by atoms with E-state index in [-0.39, 0.29) is 11.5 Å². The normalized spacial score (nSPS) is 20.9. The zero-order valence-corrected chi connectivity index (χ0v) is 14.3. The van der Waals surface area contributed by atoms with Crippen molar-refractivity contribution in [2.24, 2.45) is 0 Å². The molecular weight excluding hydrogens is 302 g/mol. The van der Waals surface area contributed by atoms with E-state index in [1.165, 1.54) is 5.56 Å². The number of aromatic nitrogens is 1. The van der Waals surface area contributed by atoms with Crippen molar-refractivity contribution in [3.63, 3.8) is 0 Å². The first kappa shape index (κ1) is 15.5. The molecule has 24 heavy (non-hydrogen) atoms. The lowest BCUT2D eigenvalue weighted by Crippen LogP contribution is -2.31. The molecule has 2 aliphatic rings. The minimum atomic E-state index is -0.106. The Kier molecular flexibility index (Phi) is 3.76. The third-order valence-electron chi connectivity index (χ3n) is 5.41. The van der Waals surface area contributed by atoms with Crippen LogP contribution in [0.5, 0.6) is 11.5 Å². The van der Waals surface area contributed by atoms with Crippen molar-refractivity contribution >= 4 is 16.6 Å². The van der Waals surface area contributed by atoms with Gasteiger partial charge in [-0.1, -0.05) is 0 Å². The number of anilines is 1. The molecule has 128 valence electrons. The topological polar surface area (TPSA) is 68.6 Å². The van der Waals surface area contributed by atoms with E-state index in [1.807, 2.05) is 0 Å². The maximum atomic E-state index is 9.95. The highest BCUT2D eigenvalue weighted by Gasteiger charge is 2.27. The number of aryl methyl sites for hydroxylation is 1. The number of phenolic OH excluding ortho intramolecular Hbond substituents is 2. The van der Waals surface area contributed by atoms with Crippen LogP contribution >= 0.6 is 0 Å². The van der Waals surface area contributed by atoms with Crippen LogP contribution in [0.2, 0.25) is 0 Å². The summed E-state index contributed by atoms with van der Waals surface area (Å²) in [6.07, 6.45) is 4.27. The number of rotatable bonds is 3. The molecule has 1 atom stereocenters. The van der Waals surface area contributed by atoms with E-state index in [1.54, 1.807) is 12.1 Å². The smallest absolute Gasteiger partial charge is 0.159 e. The molecule has 0 amide bonds. The van der Waals surface area contributed by atoms with Gasteiger partial charge in [0.15, 0.2) is 11.5 Å². The Morgan fingerprint density at radius 2 is 2.00 bits per heavy atom. The van der Waals surface area contributed by atoms with Gasteiger partial charge in [0.1, 0.15) is 0 Å². The van der Waals surface area contributed by atoms with Crippen molar-refractivity contribution in [1.29, 1.82) is 0 Å². The van der Waals surface area contributed by atoms with Crippen LogP contribution in [0.1, 0.15) is 37.9 Å². The summed E-state index contributed by atoms with van der Waals surface area (Å²) in [5, 5.41) is 24.4. The van der Waals surface area contributed by atoms with E-state index in [2.05, 4.69) is 24.1 Å². The molecule has 1 aromatic heterocycles. The second-order valence-corrected chi connectivity index (χ2v) is 7.34. The predicted molar refractivity (Wildman–Crippen MR) is 95.8 cm³/mol. The second kappa shape index (κ2) is 5.81. The molecule has 0 bridgehead atoms. The Balaban J connectivity index is 1.75. The molecule has 0 spiro atoms. The number of pyridine rings is 1. The Bertz CT molecular complexity index is 788. The summed E-state index contributed by atoms with van der Waals surface area (Å²) >= 11 is 0. The molecule has 1 aromatic carbocycles. The number of benzene rings is 1. The number of likely N-dealkylation sites (tertiary alicyclic amines) is 1. The van der Waals surface area contributed by atoms with Gasteiger partial charge in [0.05, 0.1) is 5.52 Å². The molecule has 1 aliphatic heterocycles. The predicted octanol–water partition coefficient (Wildman–Crippen LogP) is 3.03. The van der Waals surface area contributed by atoms with Crippen LogP contribution in [-0.4, -0.2) is 45.3 Å². The third kappa shape index (κ3) is 2.57. The standard InChI is InChI=1S/C19H25N3O2/c1-11(2)22-7-6-12(10-22)20-19-13-4-3-5-15(13)21-16-9-18(24)17(23)8-14(16)19/h8-9,11-12,23-24H,3-7,10H2,1-2H3,(H,20,21)/t12-/m0/s1. The molecule has 2 heterocycles. The summed E-state index contributed by atoms with van der Waals surface area (Å²) in [6, 6.07) is 4.20. The molecule has 1 fully saturated rings. The van der Waals surface area contributed by atoms with Crippen LogP contribution in [-0.2, 0) is 12.8 Å². The number of aromatic hydroxyl groups is 2. The number of hydrogen-bond donors (Lipinski definition) is 3. The Labute approximate surface area is 142 Å². The quantitative estimate of drug-likeness (QED) is 0.756. The first-order valence-corrected chi connectivity index (χ1v) is 8.91. The first-order valence-electron chi connectivity index (χ1n) is 8.91. The second-order valence-electron chi connectivity index (χ2n) is 7.34. The summed E-state index contributed by atoms with van der Waals surface area (Å²) in [5.74, 6) is -0.189. The van der Waals surface area contributed by atoms with Gasteiger partial charge in [-0.3, -0.25) is 9.88 Å². The van der Waals surface area contributed by atoms with Crippen molar-refractivity contribution < 1.29 is 10.2 Å². The summed E-state index contributed by atoms with van der Waals surface area (Å²) < 4.78 is 0. The molecule has 2 aromatic rings. The highest BCUT2D eigenvalue weighted by Crippen LogP contribution is 2.39. The monoisotopic (exact) mass is 327 g/mol. The van der Waals surface area contributed by atoms with Gasteiger partial charge in [0.2, 0.25) is 0 Å². The van der Waals surface area contributed by atoms with Crippen LogP contribution in [0.25, 0.3) is 10.9 Å². The molecule has 1 aliphatic carbocycles. The summed E-state index contributed by atoms with van der Waals surface area (Å²) in [7, 11) is 0. The summed E-state index contributed by atoms with van der Waals surface area (Å²) in [5.41, 5.74) is 4.29. The SMILES string of the molecule is CC(C)N1CC[C@H](Nc2c3c(nc4cc(O)c(O)cc24)CCC3)C1. The lowest BCUT2D eigenvalue weighted by Gasteiger charge is -2.22. The van der Waals surface area contributed by atoms with Gasteiger partial charge in [-0.2, -0.15) is 0 Å². The highest BCUT2D eigenvalue weighted by molar-refractivity contribution is 5.96. The summed E-state index contributed by atoms with van der Waals surface area (Å²) in [6.45, 7) is 6.64. The van der Waals surface area contributed by atoms with Gasteiger partial charge in [0, 0.05) is 48.0 Å². The Morgan fingerprint density at radius 1 is 1.21 bits per heavy atom. The Morgan fingerprint density at radius 3 is 2.75 bits per heavy atom. The first-order chi connectivity index (χ1) is 11.5. The van der Waals surface area contributed by atoms with Crippen LogP contribution in [0.3, 0.4) is 0 Å². The van der Waals surface area contributed by atoms with Crippen molar-refractivity contribution in [3.8, 4) is 11.5 Å². The van der Waals surface area contributed by atoms with Crippen molar-refractivity contribution in [2.75, 3.05) is 18.4 Å². The van der Waals surface area contributed by atoms with Gasteiger partial charge in [-0.15, -0.1) is 0 Å². The fourth-order valence-electron chi connectivity index (χ4n) is 4.03. The van der Waals surface area contributed by atoms with E-state index in [9.17, 15) is 10.2 Å². The van der Waals surface area contributed by atoms with Crippen LogP contribution < -0.4 is 5.32 Å². The van der Waals surface area contributed by atoms with Crippen LogP contribution in [0.4, 0.5) is 5.69 Å². The molecule has 5 heteroatoms. The molecule has 0 saturated carbocycles. The number of nitrogens with one attached hydrogen (secondary N) is 1. The number of phenols is 2. The van der Waals surface area contributed by atoms with Gasteiger partial charge >= 0.3 is 0 Å². The average molecular weight is 327 g/mol. The van der Waals surface area contributed by atoms with E-state index >= 15 is 0 Å². The number of hydrogen-bond acceptors (Lipinski definition) is 5. The third-order valence-corrected chi connectivity index (χ3v) is 5.41. The van der Waals surface area contributed by atoms with Crippen molar-refractivity contribution in [3.05, 3.63) is 23.4 Å². The highest BCUT2D eigenvalue weighted by atomic mass is 16.3. The van der Waals surface area contributed by atoms with Gasteiger partial charge in [-0.05, 0) is 51.2 Å². The summed E-state index contributed by atoms with van der Waals surface area (Å²) in [4.78, 5) is 7.21. The van der Waals surface area contributed by atoms with E-state index in [0.717, 1.165) is 61.1 Å².